The van der Waals surface area contributed by atoms with Crippen molar-refractivity contribution in [2.75, 3.05) is 0 Å². The van der Waals surface area contributed by atoms with Gasteiger partial charge in [-0.15, -0.1) is 0 Å². The number of hydrogen-bond donors (Lipinski definition) is 1. The van der Waals surface area contributed by atoms with Crippen LogP contribution in [-0.2, 0) is 13.2 Å². The van der Waals surface area contributed by atoms with Crippen molar-refractivity contribution in [3.63, 3.8) is 0 Å². The minimum atomic E-state index is 0.541. The van der Waals surface area contributed by atoms with Crippen molar-refractivity contribution < 1.29 is 4.74 Å². The summed E-state index contributed by atoms with van der Waals surface area (Å²) in [7, 11) is 0. The minimum Gasteiger partial charge on any atom is -0.487 e. The summed E-state index contributed by atoms with van der Waals surface area (Å²) < 4.78 is 5.78. The molecular formula is C18H20ClNO. The molecule has 1 fully saturated rings. The van der Waals surface area contributed by atoms with E-state index in [9.17, 15) is 0 Å². The van der Waals surface area contributed by atoms with E-state index in [1.807, 2.05) is 25.1 Å². The van der Waals surface area contributed by atoms with Gasteiger partial charge in [0.05, 0.1) is 5.02 Å². The van der Waals surface area contributed by atoms with Gasteiger partial charge in [-0.1, -0.05) is 41.9 Å². The van der Waals surface area contributed by atoms with Crippen molar-refractivity contribution in [1.29, 1.82) is 0 Å². The Morgan fingerprint density at radius 1 is 1.10 bits per heavy atom. The van der Waals surface area contributed by atoms with E-state index < -0.39 is 0 Å². The Bertz CT molecular complexity index is 605. The van der Waals surface area contributed by atoms with Gasteiger partial charge in [0.1, 0.15) is 12.4 Å². The van der Waals surface area contributed by atoms with Crippen molar-refractivity contribution in [1.82, 2.24) is 5.32 Å². The smallest absolute Gasteiger partial charge is 0.138 e. The normalized spacial score (nSPS) is 14.2. The second-order valence-corrected chi connectivity index (χ2v) is 6.10. The first-order valence-electron chi connectivity index (χ1n) is 7.41. The monoisotopic (exact) mass is 301 g/mol. The van der Waals surface area contributed by atoms with E-state index in [-0.39, 0.29) is 0 Å². The van der Waals surface area contributed by atoms with Crippen LogP contribution in [0.1, 0.15) is 29.5 Å². The van der Waals surface area contributed by atoms with Crippen LogP contribution in [0, 0.1) is 6.92 Å². The average molecular weight is 302 g/mol. The van der Waals surface area contributed by atoms with E-state index in [0.29, 0.717) is 11.6 Å². The lowest BCUT2D eigenvalue weighted by molar-refractivity contribution is 0.306. The SMILES string of the molecule is Cc1ccc(OCc2ccc(CNC3CC3)cc2)c(Cl)c1. The molecule has 1 aliphatic carbocycles. The first kappa shape index (κ1) is 14.4. The maximum Gasteiger partial charge on any atom is 0.138 e. The van der Waals surface area contributed by atoms with Gasteiger partial charge in [0.25, 0.3) is 0 Å². The molecule has 2 aromatic rings. The van der Waals surface area contributed by atoms with Crippen molar-refractivity contribution in [2.24, 2.45) is 0 Å². The van der Waals surface area contributed by atoms with E-state index in [2.05, 4.69) is 29.6 Å². The van der Waals surface area contributed by atoms with Gasteiger partial charge >= 0.3 is 0 Å². The quantitative estimate of drug-likeness (QED) is 0.849. The van der Waals surface area contributed by atoms with E-state index >= 15 is 0 Å². The van der Waals surface area contributed by atoms with Crippen LogP contribution in [0.2, 0.25) is 5.02 Å². The Kier molecular flexibility index (Phi) is 4.47. The molecule has 3 rings (SSSR count). The standard InChI is InChI=1S/C18H20ClNO/c1-13-2-9-18(17(19)10-13)21-12-15-5-3-14(4-6-15)11-20-16-7-8-16/h2-6,9-10,16,20H,7-8,11-12H2,1H3. The van der Waals surface area contributed by atoms with Gasteiger partial charge in [0, 0.05) is 12.6 Å². The second-order valence-electron chi connectivity index (χ2n) is 5.69. The topological polar surface area (TPSA) is 21.3 Å². The number of nitrogens with one attached hydrogen (secondary N) is 1. The van der Waals surface area contributed by atoms with Gasteiger partial charge in [-0.2, -0.15) is 0 Å². The summed E-state index contributed by atoms with van der Waals surface area (Å²) in [6.45, 7) is 3.51. The van der Waals surface area contributed by atoms with Gasteiger partial charge in [-0.25, -0.2) is 0 Å². The molecule has 1 N–H and O–H groups in total. The number of halogens is 1. The molecule has 0 saturated heterocycles. The zero-order valence-corrected chi connectivity index (χ0v) is 13.0. The molecular weight excluding hydrogens is 282 g/mol. The summed E-state index contributed by atoms with van der Waals surface area (Å²) in [5, 5.41) is 4.18. The van der Waals surface area contributed by atoms with Gasteiger partial charge in [0.2, 0.25) is 0 Å². The Morgan fingerprint density at radius 2 is 1.81 bits per heavy atom. The Labute approximate surface area is 131 Å². The van der Waals surface area contributed by atoms with Crippen molar-refractivity contribution in [2.45, 2.75) is 39.0 Å². The van der Waals surface area contributed by atoms with Crippen LogP contribution in [0.4, 0.5) is 0 Å². The molecule has 21 heavy (non-hydrogen) atoms. The lowest BCUT2D eigenvalue weighted by atomic mass is 10.1. The summed E-state index contributed by atoms with van der Waals surface area (Å²) in [4.78, 5) is 0. The fourth-order valence-corrected chi connectivity index (χ4v) is 2.48. The molecule has 2 aromatic carbocycles. The van der Waals surface area contributed by atoms with Crippen LogP contribution in [0.3, 0.4) is 0 Å². The minimum absolute atomic E-state index is 0.541. The van der Waals surface area contributed by atoms with Crippen molar-refractivity contribution in [3.05, 3.63) is 64.2 Å². The van der Waals surface area contributed by atoms with E-state index in [0.717, 1.165) is 29.5 Å². The number of aryl methyl sites for hydroxylation is 1. The highest BCUT2D eigenvalue weighted by atomic mass is 35.5. The van der Waals surface area contributed by atoms with Gasteiger partial charge in [-0.3, -0.25) is 0 Å². The van der Waals surface area contributed by atoms with Crippen LogP contribution in [0.5, 0.6) is 5.75 Å². The van der Waals surface area contributed by atoms with E-state index in [4.69, 9.17) is 16.3 Å². The number of benzene rings is 2. The third-order valence-corrected chi connectivity index (χ3v) is 3.97. The Balaban J connectivity index is 1.54. The highest BCUT2D eigenvalue weighted by Crippen LogP contribution is 2.26. The molecule has 0 radical (unpaired) electrons. The molecule has 1 saturated carbocycles. The first-order valence-corrected chi connectivity index (χ1v) is 7.78. The maximum atomic E-state index is 6.16. The van der Waals surface area contributed by atoms with E-state index in [1.165, 1.54) is 18.4 Å². The zero-order valence-electron chi connectivity index (χ0n) is 12.2. The van der Waals surface area contributed by atoms with Crippen LogP contribution in [0.25, 0.3) is 0 Å². The van der Waals surface area contributed by atoms with Gasteiger partial charge in [0.15, 0.2) is 0 Å². The molecule has 0 heterocycles. The second kappa shape index (κ2) is 6.50. The highest BCUT2D eigenvalue weighted by molar-refractivity contribution is 6.32. The molecule has 0 aliphatic heterocycles. The molecule has 1 aliphatic rings. The molecule has 110 valence electrons. The van der Waals surface area contributed by atoms with Gasteiger partial charge < -0.3 is 10.1 Å². The highest BCUT2D eigenvalue weighted by Gasteiger charge is 2.19. The summed E-state index contributed by atoms with van der Waals surface area (Å²) >= 11 is 6.16. The molecule has 0 spiro atoms. The number of rotatable bonds is 6. The molecule has 0 aromatic heterocycles. The Morgan fingerprint density at radius 3 is 2.48 bits per heavy atom. The molecule has 0 unspecified atom stereocenters. The molecule has 0 amide bonds. The molecule has 2 nitrogen and oxygen atoms in total. The average Bonchev–Trinajstić information content (AvgIpc) is 3.30. The third-order valence-electron chi connectivity index (χ3n) is 3.68. The molecule has 0 bridgehead atoms. The first-order chi connectivity index (χ1) is 10.2. The lowest BCUT2D eigenvalue weighted by Crippen LogP contribution is -2.15. The summed E-state index contributed by atoms with van der Waals surface area (Å²) in [5.74, 6) is 0.738. The van der Waals surface area contributed by atoms with Crippen molar-refractivity contribution in [3.8, 4) is 5.75 Å². The maximum absolute atomic E-state index is 6.16. The largest absolute Gasteiger partial charge is 0.487 e. The van der Waals surface area contributed by atoms with Crippen LogP contribution in [0.15, 0.2) is 42.5 Å². The van der Waals surface area contributed by atoms with Crippen molar-refractivity contribution >= 4 is 11.6 Å². The molecule has 0 atom stereocenters. The van der Waals surface area contributed by atoms with Crippen LogP contribution in [-0.4, -0.2) is 6.04 Å². The predicted molar refractivity (Wildman–Crippen MR) is 86.8 cm³/mol. The predicted octanol–water partition coefficient (Wildman–Crippen LogP) is 4.48. The molecule has 3 heteroatoms. The number of hydrogen-bond acceptors (Lipinski definition) is 2. The summed E-state index contributed by atoms with van der Waals surface area (Å²) in [5.41, 5.74) is 3.61. The summed E-state index contributed by atoms with van der Waals surface area (Å²) in [6.07, 6.45) is 2.65. The number of ether oxygens (including phenoxy) is 1. The third kappa shape index (κ3) is 4.23. The Hall–Kier alpha value is -1.51. The summed E-state index contributed by atoms with van der Waals surface area (Å²) in [6, 6.07) is 15.1. The van der Waals surface area contributed by atoms with Crippen LogP contribution >= 0.6 is 11.6 Å². The van der Waals surface area contributed by atoms with Gasteiger partial charge in [-0.05, 0) is 48.6 Å². The fraction of sp³-hybridized carbons (Fsp3) is 0.333. The lowest BCUT2D eigenvalue weighted by Gasteiger charge is -2.09. The van der Waals surface area contributed by atoms with Crippen LogP contribution < -0.4 is 10.1 Å². The zero-order chi connectivity index (χ0) is 14.7. The van der Waals surface area contributed by atoms with E-state index in [1.54, 1.807) is 0 Å². The fourth-order valence-electron chi connectivity index (χ4n) is 2.19.